The molecular formula is C47H41N. The predicted octanol–water partition coefficient (Wildman–Crippen LogP) is 13.0. The lowest BCUT2D eigenvalue weighted by atomic mass is 9.54. The van der Waals surface area contributed by atoms with Crippen molar-refractivity contribution in [2.24, 2.45) is 0 Å². The zero-order valence-corrected chi connectivity index (χ0v) is 28.7. The van der Waals surface area contributed by atoms with Crippen LogP contribution in [-0.4, -0.2) is 0 Å². The van der Waals surface area contributed by atoms with Crippen LogP contribution in [0.25, 0.3) is 43.8 Å². The Morgan fingerprint density at radius 3 is 1.94 bits per heavy atom. The van der Waals surface area contributed by atoms with Crippen molar-refractivity contribution in [2.45, 2.75) is 57.8 Å². The van der Waals surface area contributed by atoms with E-state index in [0.29, 0.717) is 0 Å². The SMILES string of the molecule is CC1(C)c2ccccc2-c2ccc(N(c3ccccc3)c3cccc4c3C(C)(C)C(C)(C)c3ccc5c(ccc6ccccc65)c3-4)cc21. The van der Waals surface area contributed by atoms with Crippen molar-refractivity contribution in [3.8, 4) is 22.3 Å². The van der Waals surface area contributed by atoms with Crippen molar-refractivity contribution in [3.05, 3.63) is 162 Å². The minimum atomic E-state index is -0.171. The highest BCUT2D eigenvalue weighted by Crippen LogP contribution is 2.59. The summed E-state index contributed by atoms with van der Waals surface area (Å²) in [6.07, 6.45) is 0. The molecule has 2 aliphatic carbocycles. The number of hydrogen-bond acceptors (Lipinski definition) is 1. The van der Waals surface area contributed by atoms with Gasteiger partial charge in [-0.2, -0.15) is 0 Å². The summed E-state index contributed by atoms with van der Waals surface area (Å²) < 4.78 is 0. The Kier molecular flexibility index (Phi) is 6.01. The number of hydrogen-bond donors (Lipinski definition) is 0. The zero-order valence-electron chi connectivity index (χ0n) is 28.7. The molecule has 0 atom stereocenters. The summed E-state index contributed by atoms with van der Waals surface area (Å²) in [5, 5.41) is 5.24. The maximum atomic E-state index is 2.52. The molecular weight excluding hydrogens is 579 g/mol. The molecule has 1 nitrogen and oxygen atoms in total. The molecule has 7 aromatic rings. The number of rotatable bonds is 3. The van der Waals surface area contributed by atoms with Gasteiger partial charge in [0.1, 0.15) is 0 Å². The zero-order chi connectivity index (χ0) is 33.0. The van der Waals surface area contributed by atoms with Gasteiger partial charge in [0.2, 0.25) is 0 Å². The molecule has 0 aliphatic heterocycles. The quantitative estimate of drug-likeness (QED) is 0.178. The molecule has 0 saturated carbocycles. The molecule has 0 spiro atoms. The minimum absolute atomic E-state index is 0.0811. The average Bonchev–Trinajstić information content (AvgIpc) is 3.33. The molecule has 48 heavy (non-hydrogen) atoms. The van der Waals surface area contributed by atoms with Crippen molar-refractivity contribution in [1.29, 1.82) is 0 Å². The van der Waals surface area contributed by atoms with E-state index in [0.717, 1.165) is 0 Å². The molecule has 0 saturated heterocycles. The maximum absolute atomic E-state index is 2.52. The maximum Gasteiger partial charge on any atom is 0.0505 e. The molecule has 0 unspecified atom stereocenters. The first-order valence-electron chi connectivity index (χ1n) is 17.3. The Bertz CT molecular complexity index is 2430. The molecule has 7 aromatic carbocycles. The first-order valence-corrected chi connectivity index (χ1v) is 17.3. The van der Waals surface area contributed by atoms with Crippen LogP contribution in [0.1, 0.15) is 63.8 Å². The second kappa shape index (κ2) is 9.94. The highest BCUT2D eigenvalue weighted by atomic mass is 15.1. The molecule has 1 heteroatoms. The Labute approximate surface area is 284 Å². The van der Waals surface area contributed by atoms with Gasteiger partial charge in [0.25, 0.3) is 0 Å². The highest BCUT2D eigenvalue weighted by Gasteiger charge is 2.48. The van der Waals surface area contributed by atoms with Gasteiger partial charge in [-0.15, -0.1) is 0 Å². The monoisotopic (exact) mass is 619 g/mol. The van der Waals surface area contributed by atoms with Crippen LogP contribution in [0.3, 0.4) is 0 Å². The average molecular weight is 620 g/mol. The third kappa shape index (κ3) is 3.79. The van der Waals surface area contributed by atoms with Crippen molar-refractivity contribution >= 4 is 38.6 Å². The van der Waals surface area contributed by atoms with Crippen LogP contribution in [-0.2, 0) is 16.2 Å². The largest absolute Gasteiger partial charge is 0.310 e. The van der Waals surface area contributed by atoms with Crippen molar-refractivity contribution in [3.63, 3.8) is 0 Å². The first kappa shape index (κ1) is 29.0. The van der Waals surface area contributed by atoms with Crippen LogP contribution in [0.4, 0.5) is 17.1 Å². The fraction of sp³-hybridized carbons (Fsp3) is 0.191. The van der Waals surface area contributed by atoms with Gasteiger partial charge in [0, 0.05) is 22.2 Å². The van der Waals surface area contributed by atoms with Crippen molar-refractivity contribution < 1.29 is 0 Å². The highest BCUT2D eigenvalue weighted by molar-refractivity contribution is 6.14. The second-order valence-corrected chi connectivity index (χ2v) is 15.4. The van der Waals surface area contributed by atoms with Crippen LogP contribution >= 0.6 is 0 Å². The third-order valence-electron chi connectivity index (χ3n) is 12.2. The molecule has 0 fully saturated rings. The lowest BCUT2D eigenvalue weighted by molar-refractivity contribution is 0.300. The van der Waals surface area contributed by atoms with E-state index in [9.17, 15) is 0 Å². The van der Waals surface area contributed by atoms with E-state index in [4.69, 9.17) is 0 Å². The molecule has 9 rings (SSSR count). The molecule has 0 radical (unpaired) electrons. The fourth-order valence-corrected chi connectivity index (χ4v) is 8.98. The molecule has 0 amide bonds. The Balaban J connectivity index is 1.34. The Morgan fingerprint density at radius 2 is 1.10 bits per heavy atom. The van der Waals surface area contributed by atoms with E-state index in [1.165, 1.54) is 83.1 Å². The number of fused-ring (bicyclic) bond motifs is 10. The number of benzene rings is 7. The predicted molar refractivity (Wildman–Crippen MR) is 205 cm³/mol. The van der Waals surface area contributed by atoms with Crippen LogP contribution in [0.2, 0.25) is 0 Å². The number of nitrogens with zero attached hydrogens (tertiary/aromatic N) is 1. The summed E-state index contributed by atoms with van der Waals surface area (Å²) in [6, 6.07) is 52.2. The lowest BCUT2D eigenvalue weighted by Gasteiger charge is -2.50. The fourth-order valence-electron chi connectivity index (χ4n) is 8.98. The topological polar surface area (TPSA) is 3.24 Å². The van der Waals surface area contributed by atoms with Gasteiger partial charge < -0.3 is 4.90 Å². The number of para-hydroxylation sites is 1. The summed E-state index contributed by atoms with van der Waals surface area (Å²) >= 11 is 0. The Hall–Kier alpha value is -5.14. The summed E-state index contributed by atoms with van der Waals surface area (Å²) in [5.74, 6) is 0. The van der Waals surface area contributed by atoms with E-state index in [-0.39, 0.29) is 16.2 Å². The van der Waals surface area contributed by atoms with E-state index in [1.807, 2.05) is 0 Å². The molecule has 2 aliphatic rings. The van der Waals surface area contributed by atoms with Gasteiger partial charge in [0.05, 0.1) is 5.69 Å². The molecule has 0 N–H and O–H groups in total. The second-order valence-electron chi connectivity index (χ2n) is 15.4. The minimum Gasteiger partial charge on any atom is -0.310 e. The standard InChI is InChI=1S/C47H41N/c1-45(2)39-21-13-12-19-35(39)36-26-24-32(29-41(36)45)48(31-16-8-7-9-17-31)42-22-14-20-38-43-37-25-23-30-15-10-11-18-33(30)34(37)27-28-40(43)46(3,4)47(5,6)44(38)42/h7-29H,1-6H3. The van der Waals surface area contributed by atoms with Gasteiger partial charge in [-0.25, -0.2) is 0 Å². The van der Waals surface area contributed by atoms with Gasteiger partial charge in [-0.1, -0.05) is 151 Å². The van der Waals surface area contributed by atoms with Crippen LogP contribution in [0, 0.1) is 0 Å². The summed E-state index contributed by atoms with van der Waals surface area (Å²) in [7, 11) is 0. The van der Waals surface area contributed by atoms with E-state index in [1.54, 1.807) is 0 Å². The normalized spacial score (nSPS) is 16.2. The summed E-state index contributed by atoms with van der Waals surface area (Å²) in [6.45, 7) is 14.5. The van der Waals surface area contributed by atoms with Gasteiger partial charge >= 0.3 is 0 Å². The third-order valence-corrected chi connectivity index (χ3v) is 12.2. The van der Waals surface area contributed by atoms with Crippen LogP contribution in [0.15, 0.2) is 140 Å². The Morgan fingerprint density at radius 1 is 0.417 bits per heavy atom. The lowest BCUT2D eigenvalue weighted by Crippen LogP contribution is -2.44. The molecule has 234 valence electrons. The van der Waals surface area contributed by atoms with Gasteiger partial charge in [-0.3, -0.25) is 0 Å². The molecule has 0 aromatic heterocycles. The van der Waals surface area contributed by atoms with Crippen molar-refractivity contribution in [2.75, 3.05) is 4.90 Å². The first-order chi connectivity index (χ1) is 23.1. The van der Waals surface area contributed by atoms with Gasteiger partial charge in [0.15, 0.2) is 0 Å². The van der Waals surface area contributed by atoms with Crippen LogP contribution in [0.5, 0.6) is 0 Å². The van der Waals surface area contributed by atoms with Crippen molar-refractivity contribution in [1.82, 2.24) is 0 Å². The van der Waals surface area contributed by atoms with E-state index < -0.39 is 0 Å². The van der Waals surface area contributed by atoms with Gasteiger partial charge in [-0.05, 0) is 102 Å². The van der Waals surface area contributed by atoms with E-state index >= 15 is 0 Å². The molecule has 0 heterocycles. The number of anilines is 3. The van der Waals surface area contributed by atoms with Crippen LogP contribution < -0.4 is 4.90 Å². The summed E-state index contributed by atoms with van der Waals surface area (Å²) in [5.41, 5.74) is 14.2. The van der Waals surface area contributed by atoms with E-state index in [2.05, 4.69) is 186 Å². The smallest absolute Gasteiger partial charge is 0.0505 e. The molecule has 0 bridgehead atoms. The summed E-state index contributed by atoms with van der Waals surface area (Å²) in [4.78, 5) is 2.52.